The van der Waals surface area contributed by atoms with Crippen molar-refractivity contribution in [3.8, 4) is 0 Å². The van der Waals surface area contributed by atoms with Crippen molar-refractivity contribution in [1.29, 1.82) is 0 Å². The van der Waals surface area contributed by atoms with E-state index in [0.29, 0.717) is 0 Å². The van der Waals surface area contributed by atoms with Gasteiger partial charge in [0.1, 0.15) is 0 Å². The summed E-state index contributed by atoms with van der Waals surface area (Å²) in [6, 6.07) is 3.10. The Morgan fingerprint density at radius 2 is 2.30 bits per heavy atom. The fourth-order valence-electron chi connectivity index (χ4n) is 0.758. The third-order valence-corrected chi connectivity index (χ3v) is 1.25. The predicted molar refractivity (Wildman–Crippen MR) is 37.9 cm³/mol. The molecule has 0 aliphatic rings. The molecule has 1 heterocycles. The van der Waals surface area contributed by atoms with Crippen LogP contribution in [-0.4, -0.2) is 4.98 Å². The first-order valence-electron chi connectivity index (χ1n) is 3.22. The van der Waals surface area contributed by atoms with Gasteiger partial charge in [-0.15, -0.1) is 0 Å². The number of halogens is 1. The lowest BCUT2D eigenvalue weighted by Crippen LogP contribution is -1.86. The maximum atomic E-state index is 12.2. The van der Waals surface area contributed by atoms with Crippen LogP contribution in [0.1, 0.15) is 12.0 Å². The first-order valence-corrected chi connectivity index (χ1v) is 3.22. The molecule has 10 heavy (non-hydrogen) atoms. The van der Waals surface area contributed by atoms with Gasteiger partial charge in [0, 0.05) is 6.20 Å². The molecule has 0 bridgehead atoms. The molecular formula is C8H9FN. The molecule has 0 saturated heterocycles. The molecule has 0 saturated carbocycles. The minimum atomic E-state index is -0.423. The third kappa shape index (κ3) is 1.79. The molecule has 0 aliphatic carbocycles. The third-order valence-electron chi connectivity index (χ3n) is 1.25. The first-order chi connectivity index (χ1) is 4.83. The second kappa shape index (κ2) is 3.30. The van der Waals surface area contributed by atoms with Crippen LogP contribution in [0.15, 0.2) is 18.3 Å². The molecular weight excluding hydrogens is 129 g/mol. The maximum absolute atomic E-state index is 12.2. The van der Waals surface area contributed by atoms with Crippen LogP contribution in [0.2, 0.25) is 0 Å². The summed E-state index contributed by atoms with van der Waals surface area (Å²) < 4.78 is 12.2. The highest BCUT2D eigenvalue weighted by atomic mass is 19.1. The number of hydrogen-bond acceptors (Lipinski definition) is 1. The van der Waals surface area contributed by atoms with E-state index in [2.05, 4.69) is 11.9 Å². The Morgan fingerprint density at radius 1 is 1.50 bits per heavy atom. The fourth-order valence-corrected chi connectivity index (χ4v) is 0.758. The van der Waals surface area contributed by atoms with Crippen LogP contribution in [0.25, 0.3) is 0 Å². The van der Waals surface area contributed by atoms with Crippen molar-refractivity contribution < 1.29 is 4.39 Å². The molecule has 1 aromatic heterocycles. The van der Waals surface area contributed by atoms with Gasteiger partial charge in [-0.1, -0.05) is 13.0 Å². The zero-order valence-electron chi connectivity index (χ0n) is 5.68. The summed E-state index contributed by atoms with van der Waals surface area (Å²) in [6.07, 6.45) is 3.24. The Balaban J connectivity index is 2.69. The second-order valence-electron chi connectivity index (χ2n) is 2.09. The second-order valence-corrected chi connectivity index (χ2v) is 2.09. The number of aryl methyl sites for hydroxylation is 1. The normalized spacial score (nSPS) is 9.80. The van der Waals surface area contributed by atoms with Gasteiger partial charge in [0.15, 0.2) is 0 Å². The van der Waals surface area contributed by atoms with Gasteiger partial charge in [0.2, 0.25) is 5.95 Å². The molecule has 0 atom stereocenters. The Labute approximate surface area is 59.9 Å². The monoisotopic (exact) mass is 138 g/mol. The molecule has 1 rings (SSSR count). The van der Waals surface area contributed by atoms with Crippen LogP contribution in [0.5, 0.6) is 0 Å². The SMILES string of the molecule is [CH2]CCc1ccc(F)nc1. The van der Waals surface area contributed by atoms with E-state index in [9.17, 15) is 4.39 Å². The van der Waals surface area contributed by atoms with Crippen LogP contribution >= 0.6 is 0 Å². The van der Waals surface area contributed by atoms with Crippen molar-refractivity contribution >= 4 is 0 Å². The Hall–Kier alpha value is -0.920. The number of rotatable bonds is 2. The molecule has 0 N–H and O–H groups in total. The lowest BCUT2D eigenvalue weighted by molar-refractivity contribution is 0.582. The quantitative estimate of drug-likeness (QED) is 0.569. The number of hydrogen-bond donors (Lipinski definition) is 0. The van der Waals surface area contributed by atoms with Crippen LogP contribution in [-0.2, 0) is 6.42 Å². The van der Waals surface area contributed by atoms with Gasteiger partial charge in [0.05, 0.1) is 0 Å². The molecule has 0 unspecified atom stereocenters. The molecule has 2 heteroatoms. The number of aromatic nitrogens is 1. The average molecular weight is 138 g/mol. The molecule has 0 aliphatic heterocycles. The summed E-state index contributed by atoms with van der Waals surface area (Å²) in [6.45, 7) is 3.68. The molecule has 0 amide bonds. The van der Waals surface area contributed by atoms with E-state index in [0.717, 1.165) is 18.4 Å². The van der Waals surface area contributed by atoms with E-state index in [1.807, 2.05) is 0 Å². The molecule has 0 fully saturated rings. The lowest BCUT2D eigenvalue weighted by Gasteiger charge is -1.94. The van der Waals surface area contributed by atoms with Gasteiger partial charge in [0.25, 0.3) is 0 Å². The van der Waals surface area contributed by atoms with Crippen LogP contribution < -0.4 is 0 Å². The highest BCUT2D eigenvalue weighted by molar-refractivity contribution is 5.09. The van der Waals surface area contributed by atoms with Gasteiger partial charge in [-0.2, -0.15) is 4.39 Å². The molecule has 1 aromatic rings. The fraction of sp³-hybridized carbons (Fsp3) is 0.250. The van der Waals surface area contributed by atoms with E-state index in [4.69, 9.17) is 0 Å². The van der Waals surface area contributed by atoms with Crippen molar-refractivity contribution in [1.82, 2.24) is 4.98 Å². The Kier molecular flexibility index (Phi) is 2.37. The number of nitrogens with zero attached hydrogens (tertiary/aromatic N) is 1. The van der Waals surface area contributed by atoms with Gasteiger partial charge in [-0.25, -0.2) is 4.98 Å². The standard InChI is InChI=1S/C8H9FN/c1-2-3-7-4-5-8(9)10-6-7/h4-6H,1-3H2. The molecule has 0 aromatic carbocycles. The zero-order chi connectivity index (χ0) is 7.40. The van der Waals surface area contributed by atoms with Crippen LogP contribution in [0, 0.1) is 12.9 Å². The van der Waals surface area contributed by atoms with Crippen molar-refractivity contribution in [2.24, 2.45) is 0 Å². The predicted octanol–water partition coefficient (Wildman–Crippen LogP) is 1.99. The van der Waals surface area contributed by atoms with Crippen LogP contribution in [0.3, 0.4) is 0 Å². The summed E-state index contributed by atoms with van der Waals surface area (Å²) in [5.74, 6) is -0.423. The molecule has 53 valence electrons. The smallest absolute Gasteiger partial charge is 0.212 e. The Bertz CT molecular complexity index is 193. The van der Waals surface area contributed by atoms with Gasteiger partial charge >= 0.3 is 0 Å². The summed E-state index contributed by atoms with van der Waals surface area (Å²) in [7, 11) is 0. The minimum absolute atomic E-state index is 0.423. The number of pyridine rings is 1. The van der Waals surface area contributed by atoms with Gasteiger partial charge < -0.3 is 0 Å². The van der Waals surface area contributed by atoms with Crippen molar-refractivity contribution in [2.45, 2.75) is 12.8 Å². The van der Waals surface area contributed by atoms with Crippen LogP contribution in [0.4, 0.5) is 4.39 Å². The van der Waals surface area contributed by atoms with Gasteiger partial charge in [-0.05, 0) is 24.5 Å². The van der Waals surface area contributed by atoms with Crippen molar-refractivity contribution in [3.05, 3.63) is 36.8 Å². The maximum Gasteiger partial charge on any atom is 0.212 e. The van der Waals surface area contributed by atoms with Crippen molar-refractivity contribution in [3.63, 3.8) is 0 Å². The van der Waals surface area contributed by atoms with E-state index in [1.54, 1.807) is 12.3 Å². The minimum Gasteiger partial charge on any atom is -0.228 e. The van der Waals surface area contributed by atoms with E-state index in [1.165, 1.54) is 6.07 Å². The molecule has 1 radical (unpaired) electrons. The molecule has 0 spiro atoms. The van der Waals surface area contributed by atoms with Gasteiger partial charge in [-0.3, -0.25) is 0 Å². The highest BCUT2D eigenvalue weighted by Gasteiger charge is 1.91. The summed E-state index contributed by atoms with van der Waals surface area (Å²) in [5, 5.41) is 0. The average Bonchev–Trinajstić information content (AvgIpc) is 1.95. The Morgan fingerprint density at radius 3 is 2.80 bits per heavy atom. The highest BCUT2D eigenvalue weighted by Crippen LogP contribution is 2.00. The van der Waals surface area contributed by atoms with E-state index >= 15 is 0 Å². The zero-order valence-corrected chi connectivity index (χ0v) is 5.68. The largest absolute Gasteiger partial charge is 0.228 e. The topological polar surface area (TPSA) is 12.9 Å². The molecule has 1 nitrogen and oxygen atoms in total. The van der Waals surface area contributed by atoms with E-state index in [-0.39, 0.29) is 0 Å². The lowest BCUT2D eigenvalue weighted by atomic mass is 10.2. The first kappa shape index (κ1) is 7.19. The summed E-state index contributed by atoms with van der Waals surface area (Å²) >= 11 is 0. The summed E-state index contributed by atoms with van der Waals surface area (Å²) in [5.41, 5.74) is 1.04. The summed E-state index contributed by atoms with van der Waals surface area (Å²) in [4.78, 5) is 3.50. The van der Waals surface area contributed by atoms with E-state index < -0.39 is 5.95 Å². The van der Waals surface area contributed by atoms with Crippen molar-refractivity contribution in [2.75, 3.05) is 0 Å².